The molecule has 1 aliphatic rings. The van der Waals surface area contributed by atoms with E-state index < -0.39 is 0 Å². The number of ether oxygens (including phenoxy) is 2. The second kappa shape index (κ2) is 7.79. The van der Waals surface area contributed by atoms with Gasteiger partial charge in [0, 0.05) is 10.2 Å². The maximum Gasteiger partial charge on any atom is 0.259 e. The lowest BCUT2D eigenvalue weighted by Crippen LogP contribution is -2.19. The number of para-hydroxylation sites is 2. The Morgan fingerprint density at radius 3 is 2.78 bits per heavy atom. The predicted octanol–water partition coefficient (Wildman–Crippen LogP) is 4.10. The molecule has 1 fully saturated rings. The first-order valence-corrected chi connectivity index (χ1v) is 8.71. The molecule has 0 bridgehead atoms. The van der Waals surface area contributed by atoms with E-state index in [9.17, 15) is 4.79 Å². The fourth-order valence-corrected chi connectivity index (χ4v) is 3.01. The molecule has 1 N–H and O–H groups in total. The largest absolute Gasteiger partial charge is 0.490 e. The molecule has 1 unspecified atom stereocenters. The highest BCUT2D eigenvalue weighted by molar-refractivity contribution is 14.1. The lowest BCUT2D eigenvalue weighted by Gasteiger charge is -2.15. The fourth-order valence-electron chi connectivity index (χ4n) is 2.49. The second-order valence-corrected chi connectivity index (χ2v) is 6.54. The van der Waals surface area contributed by atoms with Gasteiger partial charge in [-0.1, -0.05) is 24.3 Å². The molecule has 1 atom stereocenters. The first-order chi connectivity index (χ1) is 11.2. The second-order valence-electron chi connectivity index (χ2n) is 5.38. The van der Waals surface area contributed by atoms with E-state index in [1.165, 1.54) is 0 Å². The van der Waals surface area contributed by atoms with Crippen molar-refractivity contribution in [3.05, 3.63) is 57.7 Å². The number of amides is 1. The Morgan fingerprint density at radius 2 is 2.00 bits per heavy atom. The smallest absolute Gasteiger partial charge is 0.259 e. The van der Waals surface area contributed by atoms with Gasteiger partial charge in [-0.15, -0.1) is 0 Å². The van der Waals surface area contributed by atoms with Crippen LogP contribution < -0.4 is 10.1 Å². The van der Waals surface area contributed by atoms with Crippen LogP contribution >= 0.6 is 22.6 Å². The van der Waals surface area contributed by atoms with E-state index in [2.05, 4.69) is 27.9 Å². The van der Waals surface area contributed by atoms with Gasteiger partial charge in [0.2, 0.25) is 0 Å². The zero-order chi connectivity index (χ0) is 16.1. The molecule has 5 heteroatoms. The van der Waals surface area contributed by atoms with Crippen molar-refractivity contribution in [2.24, 2.45) is 0 Å². The summed E-state index contributed by atoms with van der Waals surface area (Å²) in [5.41, 5.74) is 1.33. The van der Waals surface area contributed by atoms with Crippen LogP contribution in [0.5, 0.6) is 5.75 Å². The van der Waals surface area contributed by atoms with E-state index in [0.717, 1.165) is 28.7 Å². The molecule has 0 saturated carbocycles. The minimum atomic E-state index is -0.169. The number of halogens is 1. The maximum absolute atomic E-state index is 12.6. The molecule has 0 spiro atoms. The average Bonchev–Trinajstić information content (AvgIpc) is 3.09. The normalized spacial score (nSPS) is 17.0. The van der Waals surface area contributed by atoms with Crippen molar-refractivity contribution in [2.45, 2.75) is 18.9 Å². The molecular formula is C18H18INO3. The van der Waals surface area contributed by atoms with Crippen LogP contribution in [0.1, 0.15) is 23.2 Å². The predicted molar refractivity (Wildman–Crippen MR) is 98.0 cm³/mol. The van der Waals surface area contributed by atoms with Crippen molar-refractivity contribution in [1.82, 2.24) is 0 Å². The summed E-state index contributed by atoms with van der Waals surface area (Å²) in [5.74, 6) is 0.420. The van der Waals surface area contributed by atoms with Crippen LogP contribution in [0.2, 0.25) is 0 Å². The Bertz CT molecular complexity index is 683. The molecule has 1 aliphatic heterocycles. The van der Waals surface area contributed by atoms with E-state index in [0.29, 0.717) is 17.9 Å². The minimum Gasteiger partial charge on any atom is -0.490 e. The van der Waals surface area contributed by atoms with Crippen LogP contribution in [0.4, 0.5) is 5.69 Å². The summed E-state index contributed by atoms with van der Waals surface area (Å²) >= 11 is 2.20. The summed E-state index contributed by atoms with van der Waals surface area (Å²) in [7, 11) is 0. The Hall–Kier alpha value is -1.60. The molecule has 0 aromatic heterocycles. The van der Waals surface area contributed by atoms with Crippen LogP contribution in [0.15, 0.2) is 48.5 Å². The van der Waals surface area contributed by atoms with Gasteiger partial charge in [0.15, 0.2) is 0 Å². The van der Waals surface area contributed by atoms with Crippen molar-refractivity contribution in [3.8, 4) is 5.75 Å². The summed E-state index contributed by atoms with van der Waals surface area (Å²) in [4.78, 5) is 12.6. The SMILES string of the molecule is O=C(Nc1ccccc1I)c1ccccc1OCC1CCCO1. The molecular weight excluding hydrogens is 405 g/mol. The molecule has 4 nitrogen and oxygen atoms in total. The Balaban J connectivity index is 1.71. The number of carbonyl (C=O) groups excluding carboxylic acids is 1. The third kappa shape index (κ3) is 4.23. The number of nitrogens with one attached hydrogen (secondary N) is 1. The van der Waals surface area contributed by atoms with Gasteiger partial charge < -0.3 is 14.8 Å². The van der Waals surface area contributed by atoms with Crippen LogP contribution in [0.3, 0.4) is 0 Å². The number of benzene rings is 2. The van der Waals surface area contributed by atoms with Crippen molar-refractivity contribution < 1.29 is 14.3 Å². The Kier molecular flexibility index (Phi) is 5.51. The summed E-state index contributed by atoms with van der Waals surface area (Å²) in [6.45, 7) is 1.27. The molecule has 23 heavy (non-hydrogen) atoms. The monoisotopic (exact) mass is 423 g/mol. The molecule has 0 radical (unpaired) electrons. The Morgan fingerprint density at radius 1 is 1.22 bits per heavy atom. The lowest BCUT2D eigenvalue weighted by molar-refractivity contribution is 0.0673. The third-order valence-corrected chi connectivity index (χ3v) is 4.64. The molecule has 2 aromatic carbocycles. The van der Waals surface area contributed by atoms with Crippen molar-refractivity contribution in [3.63, 3.8) is 0 Å². The van der Waals surface area contributed by atoms with Gasteiger partial charge in [-0.2, -0.15) is 0 Å². The standard InChI is InChI=1S/C18H18INO3/c19-15-8-2-3-9-16(15)20-18(21)14-7-1-4-10-17(14)23-12-13-6-5-11-22-13/h1-4,7-10,13H,5-6,11-12H2,(H,20,21). The van der Waals surface area contributed by atoms with Gasteiger partial charge in [-0.3, -0.25) is 4.79 Å². The van der Waals surface area contributed by atoms with Crippen molar-refractivity contribution >= 4 is 34.2 Å². The quantitative estimate of drug-likeness (QED) is 0.737. The molecule has 1 heterocycles. The topological polar surface area (TPSA) is 47.6 Å². The molecule has 2 aromatic rings. The molecule has 120 valence electrons. The highest BCUT2D eigenvalue weighted by Gasteiger charge is 2.18. The summed E-state index contributed by atoms with van der Waals surface area (Å²) in [6.07, 6.45) is 2.21. The number of rotatable bonds is 5. The number of hydrogen-bond donors (Lipinski definition) is 1. The third-order valence-electron chi connectivity index (χ3n) is 3.70. The van der Waals surface area contributed by atoms with Gasteiger partial charge in [-0.25, -0.2) is 0 Å². The van der Waals surface area contributed by atoms with E-state index in [1.807, 2.05) is 42.5 Å². The maximum atomic E-state index is 12.6. The van der Waals surface area contributed by atoms with Crippen LogP contribution in [-0.2, 0) is 4.74 Å². The highest BCUT2D eigenvalue weighted by atomic mass is 127. The highest BCUT2D eigenvalue weighted by Crippen LogP contribution is 2.23. The van der Waals surface area contributed by atoms with E-state index in [4.69, 9.17) is 9.47 Å². The first-order valence-electron chi connectivity index (χ1n) is 7.63. The molecule has 0 aliphatic carbocycles. The van der Waals surface area contributed by atoms with E-state index >= 15 is 0 Å². The number of carbonyl (C=O) groups is 1. The van der Waals surface area contributed by atoms with Crippen molar-refractivity contribution in [2.75, 3.05) is 18.5 Å². The Labute approximate surface area is 149 Å². The van der Waals surface area contributed by atoms with Gasteiger partial charge in [0.25, 0.3) is 5.91 Å². The summed E-state index contributed by atoms with van der Waals surface area (Å²) in [5, 5.41) is 2.94. The summed E-state index contributed by atoms with van der Waals surface area (Å²) in [6, 6.07) is 15.0. The fraction of sp³-hybridized carbons (Fsp3) is 0.278. The van der Waals surface area contributed by atoms with Gasteiger partial charge >= 0.3 is 0 Å². The van der Waals surface area contributed by atoms with E-state index in [-0.39, 0.29) is 12.0 Å². The molecule has 1 amide bonds. The van der Waals surface area contributed by atoms with Crippen LogP contribution in [0, 0.1) is 3.57 Å². The zero-order valence-electron chi connectivity index (χ0n) is 12.6. The van der Waals surface area contributed by atoms with Gasteiger partial charge in [0.1, 0.15) is 12.4 Å². The first kappa shape index (κ1) is 16.3. The minimum absolute atomic E-state index is 0.126. The number of anilines is 1. The lowest BCUT2D eigenvalue weighted by atomic mass is 10.1. The average molecular weight is 423 g/mol. The van der Waals surface area contributed by atoms with Crippen LogP contribution in [-0.4, -0.2) is 25.2 Å². The molecule has 1 saturated heterocycles. The molecule has 3 rings (SSSR count). The van der Waals surface area contributed by atoms with Crippen LogP contribution in [0.25, 0.3) is 0 Å². The van der Waals surface area contributed by atoms with Gasteiger partial charge in [-0.05, 0) is 59.7 Å². The van der Waals surface area contributed by atoms with Crippen molar-refractivity contribution in [1.29, 1.82) is 0 Å². The number of hydrogen-bond acceptors (Lipinski definition) is 3. The van der Waals surface area contributed by atoms with Gasteiger partial charge in [0.05, 0.1) is 17.4 Å². The zero-order valence-corrected chi connectivity index (χ0v) is 14.8. The summed E-state index contributed by atoms with van der Waals surface area (Å²) < 4.78 is 12.4. The van der Waals surface area contributed by atoms with E-state index in [1.54, 1.807) is 6.07 Å².